The minimum absolute atomic E-state index is 0.229. The third-order valence-electron chi connectivity index (χ3n) is 2.30. The van der Waals surface area contributed by atoms with Gasteiger partial charge in [-0.25, -0.2) is 4.98 Å². The summed E-state index contributed by atoms with van der Waals surface area (Å²) in [4.78, 5) is 5.71. The SMILES string of the molecule is CCc1cnc(C(C)NCCC(C)O)s1. The average Bonchev–Trinajstić information content (AvgIpc) is 2.65. The van der Waals surface area contributed by atoms with Crippen LogP contribution in [-0.4, -0.2) is 22.7 Å². The molecule has 0 aromatic carbocycles. The molecular weight excluding hydrogens is 208 g/mol. The first-order valence-electron chi connectivity index (χ1n) is 5.49. The highest BCUT2D eigenvalue weighted by Gasteiger charge is 2.09. The van der Waals surface area contributed by atoms with Gasteiger partial charge in [-0.05, 0) is 33.2 Å². The van der Waals surface area contributed by atoms with Crippen LogP contribution in [0.3, 0.4) is 0 Å². The van der Waals surface area contributed by atoms with Crippen LogP contribution >= 0.6 is 11.3 Å². The van der Waals surface area contributed by atoms with Crippen LogP contribution in [0.1, 0.15) is 43.1 Å². The summed E-state index contributed by atoms with van der Waals surface area (Å²) in [6.45, 7) is 6.90. The summed E-state index contributed by atoms with van der Waals surface area (Å²) in [5, 5.41) is 13.6. The van der Waals surface area contributed by atoms with Gasteiger partial charge in [0.25, 0.3) is 0 Å². The second-order valence-electron chi connectivity index (χ2n) is 3.83. The van der Waals surface area contributed by atoms with Gasteiger partial charge in [0.2, 0.25) is 0 Å². The summed E-state index contributed by atoms with van der Waals surface area (Å²) in [7, 11) is 0. The first-order chi connectivity index (χ1) is 7.13. The minimum Gasteiger partial charge on any atom is -0.393 e. The molecule has 0 aliphatic carbocycles. The molecule has 0 aliphatic rings. The van der Waals surface area contributed by atoms with E-state index in [0.29, 0.717) is 0 Å². The number of nitrogens with zero attached hydrogens (tertiary/aromatic N) is 1. The lowest BCUT2D eigenvalue weighted by Gasteiger charge is -2.11. The van der Waals surface area contributed by atoms with E-state index in [1.54, 1.807) is 11.3 Å². The van der Waals surface area contributed by atoms with E-state index in [1.165, 1.54) is 4.88 Å². The molecule has 4 heteroatoms. The van der Waals surface area contributed by atoms with E-state index >= 15 is 0 Å². The van der Waals surface area contributed by atoms with E-state index < -0.39 is 0 Å². The lowest BCUT2D eigenvalue weighted by Crippen LogP contribution is -2.22. The first kappa shape index (κ1) is 12.6. The third kappa shape index (κ3) is 4.28. The largest absolute Gasteiger partial charge is 0.393 e. The Kier molecular flexibility index (Phi) is 5.22. The molecule has 2 N–H and O–H groups in total. The van der Waals surface area contributed by atoms with Crippen LogP contribution in [0, 0.1) is 0 Å². The fourth-order valence-corrected chi connectivity index (χ4v) is 2.17. The second-order valence-corrected chi connectivity index (χ2v) is 4.98. The van der Waals surface area contributed by atoms with E-state index in [1.807, 2.05) is 13.1 Å². The van der Waals surface area contributed by atoms with E-state index in [9.17, 15) is 0 Å². The number of hydrogen-bond donors (Lipinski definition) is 2. The Morgan fingerprint density at radius 3 is 2.80 bits per heavy atom. The van der Waals surface area contributed by atoms with E-state index in [4.69, 9.17) is 5.11 Å². The van der Waals surface area contributed by atoms with Crippen molar-refractivity contribution in [2.45, 2.75) is 45.8 Å². The lowest BCUT2D eigenvalue weighted by atomic mass is 10.2. The maximum absolute atomic E-state index is 9.12. The van der Waals surface area contributed by atoms with Gasteiger partial charge in [-0.2, -0.15) is 0 Å². The Balaban J connectivity index is 2.36. The molecule has 1 aromatic rings. The van der Waals surface area contributed by atoms with Crippen molar-refractivity contribution in [1.82, 2.24) is 10.3 Å². The Bertz CT molecular complexity index is 286. The highest BCUT2D eigenvalue weighted by molar-refractivity contribution is 7.11. The molecule has 0 radical (unpaired) electrons. The first-order valence-corrected chi connectivity index (χ1v) is 6.31. The Labute approximate surface area is 95.6 Å². The summed E-state index contributed by atoms with van der Waals surface area (Å²) in [6, 6.07) is 0.286. The summed E-state index contributed by atoms with van der Waals surface area (Å²) in [6.07, 6.45) is 3.56. The predicted octanol–water partition coefficient (Wildman–Crippen LogP) is 2.13. The summed E-state index contributed by atoms with van der Waals surface area (Å²) in [5.41, 5.74) is 0. The molecule has 0 saturated heterocycles. The molecule has 86 valence electrons. The Morgan fingerprint density at radius 2 is 2.27 bits per heavy atom. The maximum Gasteiger partial charge on any atom is 0.109 e. The van der Waals surface area contributed by atoms with Gasteiger partial charge in [0.15, 0.2) is 0 Å². The van der Waals surface area contributed by atoms with Crippen molar-refractivity contribution in [3.05, 3.63) is 16.1 Å². The number of aliphatic hydroxyl groups excluding tert-OH is 1. The zero-order valence-electron chi connectivity index (χ0n) is 9.66. The number of aryl methyl sites for hydroxylation is 1. The number of aromatic nitrogens is 1. The molecule has 0 bridgehead atoms. The van der Waals surface area contributed by atoms with Crippen LogP contribution in [-0.2, 0) is 6.42 Å². The number of hydrogen-bond acceptors (Lipinski definition) is 4. The lowest BCUT2D eigenvalue weighted by molar-refractivity contribution is 0.182. The van der Waals surface area contributed by atoms with Crippen molar-refractivity contribution < 1.29 is 5.11 Å². The average molecular weight is 228 g/mol. The van der Waals surface area contributed by atoms with Crippen molar-refractivity contribution in [2.24, 2.45) is 0 Å². The van der Waals surface area contributed by atoms with Crippen molar-refractivity contribution >= 4 is 11.3 Å². The molecule has 2 atom stereocenters. The normalized spacial score (nSPS) is 15.2. The van der Waals surface area contributed by atoms with Gasteiger partial charge in [0, 0.05) is 11.1 Å². The van der Waals surface area contributed by atoms with Crippen molar-refractivity contribution in [3.8, 4) is 0 Å². The van der Waals surface area contributed by atoms with E-state index in [0.717, 1.165) is 24.4 Å². The van der Waals surface area contributed by atoms with Crippen molar-refractivity contribution in [1.29, 1.82) is 0 Å². The molecule has 0 aliphatic heterocycles. The summed E-state index contributed by atoms with van der Waals surface area (Å²) >= 11 is 1.76. The topological polar surface area (TPSA) is 45.2 Å². The smallest absolute Gasteiger partial charge is 0.109 e. The number of aliphatic hydroxyl groups is 1. The highest BCUT2D eigenvalue weighted by Crippen LogP contribution is 2.19. The van der Waals surface area contributed by atoms with Crippen LogP contribution < -0.4 is 5.32 Å². The third-order valence-corrected chi connectivity index (χ3v) is 3.63. The number of thiazole rings is 1. The van der Waals surface area contributed by atoms with Crippen LogP contribution in [0.4, 0.5) is 0 Å². The van der Waals surface area contributed by atoms with Crippen LogP contribution in [0.5, 0.6) is 0 Å². The minimum atomic E-state index is -0.229. The zero-order valence-corrected chi connectivity index (χ0v) is 10.5. The molecule has 0 fully saturated rings. The van der Waals surface area contributed by atoms with E-state index in [2.05, 4.69) is 24.1 Å². The molecule has 1 heterocycles. The molecule has 2 unspecified atom stereocenters. The highest BCUT2D eigenvalue weighted by atomic mass is 32.1. The van der Waals surface area contributed by atoms with Crippen LogP contribution in [0.15, 0.2) is 6.20 Å². The number of nitrogens with one attached hydrogen (secondary N) is 1. The molecule has 0 spiro atoms. The Morgan fingerprint density at radius 1 is 1.53 bits per heavy atom. The number of rotatable bonds is 6. The van der Waals surface area contributed by atoms with Crippen molar-refractivity contribution in [3.63, 3.8) is 0 Å². The van der Waals surface area contributed by atoms with Gasteiger partial charge in [0.1, 0.15) is 5.01 Å². The Hall–Kier alpha value is -0.450. The zero-order chi connectivity index (χ0) is 11.3. The summed E-state index contributed by atoms with van der Waals surface area (Å²) in [5.74, 6) is 0. The van der Waals surface area contributed by atoms with Crippen LogP contribution in [0.25, 0.3) is 0 Å². The van der Waals surface area contributed by atoms with Gasteiger partial charge in [-0.3, -0.25) is 0 Å². The van der Waals surface area contributed by atoms with E-state index in [-0.39, 0.29) is 12.1 Å². The summed E-state index contributed by atoms with van der Waals surface area (Å²) < 4.78 is 0. The quantitative estimate of drug-likeness (QED) is 0.784. The van der Waals surface area contributed by atoms with Gasteiger partial charge in [-0.15, -0.1) is 11.3 Å². The maximum atomic E-state index is 9.12. The molecule has 0 amide bonds. The standard InChI is InChI=1S/C11H20N2OS/c1-4-10-7-13-11(15-10)9(3)12-6-5-8(2)14/h7-9,12,14H,4-6H2,1-3H3. The van der Waals surface area contributed by atoms with Crippen LogP contribution in [0.2, 0.25) is 0 Å². The fraction of sp³-hybridized carbons (Fsp3) is 0.727. The molecular formula is C11H20N2OS. The molecule has 15 heavy (non-hydrogen) atoms. The molecule has 0 saturated carbocycles. The predicted molar refractivity (Wildman–Crippen MR) is 64.2 cm³/mol. The van der Waals surface area contributed by atoms with Gasteiger partial charge in [0.05, 0.1) is 12.1 Å². The van der Waals surface area contributed by atoms with Gasteiger partial charge in [-0.1, -0.05) is 6.92 Å². The molecule has 1 rings (SSSR count). The monoisotopic (exact) mass is 228 g/mol. The molecule has 3 nitrogen and oxygen atoms in total. The van der Waals surface area contributed by atoms with Gasteiger partial charge < -0.3 is 10.4 Å². The second kappa shape index (κ2) is 6.20. The van der Waals surface area contributed by atoms with Gasteiger partial charge >= 0.3 is 0 Å². The molecule has 1 aromatic heterocycles. The van der Waals surface area contributed by atoms with Crippen molar-refractivity contribution in [2.75, 3.05) is 6.54 Å². The fourth-order valence-electron chi connectivity index (χ4n) is 1.28.